The molecular weight excluding hydrogens is 336 g/mol. The van der Waals surface area contributed by atoms with Crippen molar-refractivity contribution in [1.82, 2.24) is 20.9 Å². The Bertz CT molecular complexity index is 704. The molecule has 1 fully saturated rings. The number of imide groups is 2. The van der Waals surface area contributed by atoms with Crippen molar-refractivity contribution in [3.05, 3.63) is 35.9 Å². The number of nitrogens with one attached hydrogen (secondary N) is 3. The second-order valence-electron chi connectivity index (χ2n) is 6.52. The summed E-state index contributed by atoms with van der Waals surface area (Å²) in [5, 5.41) is 7.36. The van der Waals surface area contributed by atoms with Crippen LogP contribution in [-0.4, -0.2) is 41.4 Å². The van der Waals surface area contributed by atoms with Gasteiger partial charge in [-0.15, -0.1) is 0 Å². The van der Waals surface area contributed by atoms with Gasteiger partial charge in [-0.3, -0.25) is 19.8 Å². The number of hydrogen-bond acceptors (Lipinski definition) is 4. The maximum absolute atomic E-state index is 13.0. The van der Waals surface area contributed by atoms with Crippen LogP contribution >= 0.6 is 0 Å². The van der Waals surface area contributed by atoms with Crippen molar-refractivity contribution in [2.24, 2.45) is 0 Å². The van der Waals surface area contributed by atoms with Gasteiger partial charge in [-0.1, -0.05) is 43.7 Å². The van der Waals surface area contributed by atoms with Crippen LogP contribution in [-0.2, 0) is 15.1 Å². The Labute approximate surface area is 152 Å². The third kappa shape index (κ3) is 4.01. The van der Waals surface area contributed by atoms with Crippen molar-refractivity contribution in [3.63, 3.8) is 0 Å². The number of rotatable bonds is 6. The van der Waals surface area contributed by atoms with Crippen molar-refractivity contribution >= 4 is 23.9 Å². The van der Waals surface area contributed by atoms with E-state index in [9.17, 15) is 19.2 Å². The summed E-state index contributed by atoms with van der Waals surface area (Å²) in [7, 11) is 0. The SMILES string of the molecule is CCC[C@]1(c2ccccc2)NC(=O)N(CC(=O)NC(=O)NC(C)C)C1=O. The van der Waals surface area contributed by atoms with E-state index in [1.807, 2.05) is 13.0 Å². The van der Waals surface area contributed by atoms with Crippen LogP contribution < -0.4 is 16.0 Å². The number of carbonyl (C=O) groups excluding carboxylic acids is 4. The Kier molecular flexibility index (Phi) is 5.97. The number of amides is 6. The molecule has 2 rings (SSSR count). The zero-order chi connectivity index (χ0) is 19.3. The molecule has 8 nitrogen and oxygen atoms in total. The van der Waals surface area contributed by atoms with E-state index in [4.69, 9.17) is 0 Å². The summed E-state index contributed by atoms with van der Waals surface area (Å²) < 4.78 is 0. The van der Waals surface area contributed by atoms with Crippen LogP contribution in [0, 0.1) is 0 Å². The second kappa shape index (κ2) is 7.99. The molecular formula is C18H24N4O4. The average molecular weight is 360 g/mol. The first kappa shape index (κ1) is 19.4. The average Bonchev–Trinajstić information content (AvgIpc) is 2.80. The van der Waals surface area contributed by atoms with Crippen LogP contribution in [0.5, 0.6) is 0 Å². The predicted molar refractivity (Wildman–Crippen MR) is 95.1 cm³/mol. The maximum atomic E-state index is 13.0. The lowest BCUT2D eigenvalue weighted by atomic mass is 9.85. The van der Waals surface area contributed by atoms with E-state index in [0.29, 0.717) is 18.4 Å². The molecule has 1 aromatic carbocycles. The molecule has 1 aliphatic heterocycles. The van der Waals surface area contributed by atoms with Gasteiger partial charge >= 0.3 is 12.1 Å². The van der Waals surface area contributed by atoms with E-state index in [2.05, 4.69) is 16.0 Å². The largest absolute Gasteiger partial charge is 0.336 e. The molecule has 1 aromatic rings. The molecule has 26 heavy (non-hydrogen) atoms. The molecule has 0 bridgehead atoms. The van der Waals surface area contributed by atoms with Gasteiger partial charge in [-0.25, -0.2) is 9.59 Å². The van der Waals surface area contributed by atoms with Crippen LogP contribution in [0.15, 0.2) is 30.3 Å². The fourth-order valence-corrected chi connectivity index (χ4v) is 2.98. The minimum absolute atomic E-state index is 0.144. The lowest BCUT2D eigenvalue weighted by Gasteiger charge is -2.26. The molecule has 0 saturated carbocycles. The van der Waals surface area contributed by atoms with Crippen molar-refractivity contribution in [2.75, 3.05) is 6.54 Å². The van der Waals surface area contributed by atoms with E-state index in [-0.39, 0.29) is 6.04 Å². The van der Waals surface area contributed by atoms with Crippen LogP contribution in [0.25, 0.3) is 0 Å². The van der Waals surface area contributed by atoms with Crippen molar-refractivity contribution < 1.29 is 19.2 Å². The first-order valence-corrected chi connectivity index (χ1v) is 8.60. The molecule has 3 N–H and O–H groups in total. The van der Waals surface area contributed by atoms with Gasteiger partial charge in [-0.05, 0) is 25.8 Å². The minimum Gasteiger partial charge on any atom is -0.336 e. The fraction of sp³-hybridized carbons (Fsp3) is 0.444. The predicted octanol–water partition coefficient (Wildman–Crippen LogP) is 1.47. The standard InChI is InChI=1S/C18H24N4O4/c1-4-10-18(13-8-6-5-7-9-13)15(24)22(17(26)21-18)11-14(23)20-16(25)19-12(2)3/h5-9,12H,4,10-11H2,1-3H3,(H,21,26)(H2,19,20,23,25)/t18-/m1/s1. The smallest absolute Gasteiger partial charge is 0.325 e. The molecule has 6 amide bonds. The number of benzene rings is 1. The van der Waals surface area contributed by atoms with E-state index in [0.717, 1.165) is 4.90 Å². The van der Waals surface area contributed by atoms with Gasteiger partial charge in [0.2, 0.25) is 5.91 Å². The first-order valence-electron chi connectivity index (χ1n) is 8.60. The Hall–Kier alpha value is -2.90. The highest BCUT2D eigenvalue weighted by Crippen LogP contribution is 2.33. The molecule has 1 saturated heterocycles. The van der Waals surface area contributed by atoms with E-state index in [1.165, 1.54) is 0 Å². The normalized spacial score (nSPS) is 19.5. The molecule has 1 atom stereocenters. The fourth-order valence-electron chi connectivity index (χ4n) is 2.98. The minimum atomic E-state index is -1.19. The summed E-state index contributed by atoms with van der Waals surface area (Å²) in [6.07, 6.45) is 1.07. The van der Waals surface area contributed by atoms with Gasteiger partial charge in [0.05, 0.1) is 0 Å². The number of carbonyl (C=O) groups is 4. The highest BCUT2D eigenvalue weighted by atomic mass is 16.2. The van der Waals surface area contributed by atoms with Gasteiger partial charge in [0.15, 0.2) is 0 Å². The first-order chi connectivity index (χ1) is 12.3. The Balaban J connectivity index is 2.16. The van der Waals surface area contributed by atoms with Gasteiger partial charge in [0.1, 0.15) is 12.1 Å². The monoisotopic (exact) mass is 360 g/mol. The summed E-state index contributed by atoms with van der Waals surface area (Å²) in [4.78, 5) is 49.8. The van der Waals surface area contributed by atoms with E-state index >= 15 is 0 Å². The van der Waals surface area contributed by atoms with E-state index in [1.54, 1.807) is 38.1 Å². The summed E-state index contributed by atoms with van der Waals surface area (Å²) in [5.74, 6) is -1.22. The molecule has 8 heteroatoms. The Morgan fingerprint density at radius 3 is 2.42 bits per heavy atom. The number of nitrogens with zero attached hydrogens (tertiary/aromatic N) is 1. The quantitative estimate of drug-likeness (QED) is 0.668. The lowest BCUT2D eigenvalue weighted by Crippen LogP contribution is -2.48. The van der Waals surface area contributed by atoms with Crippen LogP contribution in [0.1, 0.15) is 39.2 Å². The number of hydrogen-bond donors (Lipinski definition) is 3. The maximum Gasteiger partial charge on any atom is 0.325 e. The summed E-state index contributed by atoms with van der Waals surface area (Å²) in [6.45, 7) is 4.89. The van der Waals surface area contributed by atoms with Crippen LogP contribution in [0.3, 0.4) is 0 Å². The van der Waals surface area contributed by atoms with Crippen molar-refractivity contribution in [2.45, 2.75) is 45.2 Å². The molecule has 0 radical (unpaired) electrons. The van der Waals surface area contributed by atoms with Crippen LogP contribution in [0.4, 0.5) is 9.59 Å². The van der Waals surface area contributed by atoms with Crippen LogP contribution in [0.2, 0.25) is 0 Å². The number of urea groups is 2. The summed E-state index contributed by atoms with van der Waals surface area (Å²) in [5.41, 5.74) is -0.520. The summed E-state index contributed by atoms with van der Waals surface area (Å²) >= 11 is 0. The van der Waals surface area contributed by atoms with E-state index < -0.39 is 36.0 Å². The lowest BCUT2D eigenvalue weighted by molar-refractivity contribution is -0.135. The van der Waals surface area contributed by atoms with Gasteiger partial charge in [0.25, 0.3) is 5.91 Å². The highest BCUT2D eigenvalue weighted by molar-refractivity contribution is 6.10. The molecule has 1 heterocycles. The summed E-state index contributed by atoms with van der Waals surface area (Å²) in [6, 6.07) is 7.49. The van der Waals surface area contributed by atoms with Crippen molar-refractivity contribution in [1.29, 1.82) is 0 Å². The third-order valence-electron chi connectivity index (χ3n) is 4.04. The van der Waals surface area contributed by atoms with Crippen molar-refractivity contribution in [3.8, 4) is 0 Å². The Morgan fingerprint density at radius 2 is 1.85 bits per heavy atom. The topological polar surface area (TPSA) is 108 Å². The molecule has 1 aliphatic rings. The highest BCUT2D eigenvalue weighted by Gasteiger charge is 2.52. The Morgan fingerprint density at radius 1 is 1.19 bits per heavy atom. The van der Waals surface area contributed by atoms with Gasteiger partial charge in [0, 0.05) is 6.04 Å². The molecule has 140 valence electrons. The zero-order valence-electron chi connectivity index (χ0n) is 15.2. The molecule has 0 unspecified atom stereocenters. The molecule has 0 aromatic heterocycles. The third-order valence-corrected chi connectivity index (χ3v) is 4.04. The zero-order valence-corrected chi connectivity index (χ0v) is 15.2. The molecule has 0 spiro atoms. The second-order valence-corrected chi connectivity index (χ2v) is 6.52. The van der Waals surface area contributed by atoms with Gasteiger partial charge in [-0.2, -0.15) is 0 Å². The molecule has 0 aliphatic carbocycles. The van der Waals surface area contributed by atoms with Gasteiger partial charge < -0.3 is 10.6 Å².